The van der Waals surface area contributed by atoms with Crippen molar-refractivity contribution in [3.8, 4) is 28.6 Å². The maximum Gasteiger partial charge on any atom is 0.404 e. The monoisotopic (exact) mass is 444 g/mol. The lowest BCUT2D eigenvalue weighted by Gasteiger charge is -2.09. The zero-order chi connectivity index (χ0) is 22.9. The van der Waals surface area contributed by atoms with Crippen molar-refractivity contribution in [3.63, 3.8) is 0 Å². The summed E-state index contributed by atoms with van der Waals surface area (Å²) in [6.07, 6.45) is -1.10. The van der Waals surface area contributed by atoms with E-state index in [1.54, 1.807) is 6.07 Å². The van der Waals surface area contributed by atoms with Crippen molar-refractivity contribution in [3.05, 3.63) is 47.8 Å². The van der Waals surface area contributed by atoms with Gasteiger partial charge in [0.2, 0.25) is 5.75 Å². The van der Waals surface area contributed by atoms with E-state index in [1.807, 2.05) is 30.3 Å². The summed E-state index contributed by atoms with van der Waals surface area (Å²) in [5, 5.41) is 41.3. The van der Waals surface area contributed by atoms with E-state index in [0.29, 0.717) is 24.3 Å². The number of carboxylic acid groups (broad SMARTS) is 1. The van der Waals surface area contributed by atoms with E-state index in [4.69, 9.17) is 19.0 Å². The first-order valence-electron chi connectivity index (χ1n) is 9.87. The predicted octanol–water partition coefficient (Wildman–Crippen LogP) is 2.42. The number of aromatic hydroxyl groups is 3. The molecule has 1 heterocycles. The Morgan fingerprint density at radius 1 is 0.969 bits per heavy atom. The highest BCUT2D eigenvalue weighted by molar-refractivity contribution is 5.89. The number of phenols is 3. The summed E-state index contributed by atoms with van der Waals surface area (Å²) in [5.74, 6) is -1.20. The van der Waals surface area contributed by atoms with E-state index >= 15 is 0 Å². The van der Waals surface area contributed by atoms with Gasteiger partial charge in [0.15, 0.2) is 11.5 Å². The second-order valence-electron chi connectivity index (χ2n) is 6.67. The van der Waals surface area contributed by atoms with Gasteiger partial charge >= 0.3 is 6.09 Å². The molecule has 0 fully saturated rings. The predicted molar refractivity (Wildman–Crippen MR) is 115 cm³/mol. The van der Waals surface area contributed by atoms with Crippen molar-refractivity contribution in [2.24, 2.45) is 4.99 Å². The third kappa shape index (κ3) is 5.90. The average molecular weight is 444 g/mol. The van der Waals surface area contributed by atoms with Gasteiger partial charge in [0.1, 0.15) is 11.3 Å². The second kappa shape index (κ2) is 11.0. The van der Waals surface area contributed by atoms with E-state index in [-0.39, 0.29) is 37.3 Å². The van der Waals surface area contributed by atoms with Crippen LogP contribution in [0.2, 0.25) is 0 Å². The van der Waals surface area contributed by atoms with Crippen LogP contribution < -0.4 is 10.7 Å². The molecule has 0 atom stereocenters. The molecule has 0 aliphatic heterocycles. The maximum atomic E-state index is 10.3. The third-order valence-corrected chi connectivity index (χ3v) is 4.43. The van der Waals surface area contributed by atoms with E-state index in [2.05, 4.69) is 10.3 Å². The molecule has 5 N–H and O–H groups in total. The molecule has 0 saturated heterocycles. The van der Waals surface area contributed by atoms with Gasteiger partial charge in [-0.25, -0.2) is 4.79 Å². The summed E-state index contributed by atoms with van der Waals surface area (Å²) in [5.41, 5.74) is 0.950. The zero-order valence-electron chi connectivity index (χ0n) is 17.2. The number of nitrogens with zero attached hydrogens (tertiary/aromatic N) is 1. The standard InChI is InChI=1S/C22H24N2O8/c25-16-13-18-19(21(27)20(16)26)15(12-17(32-18)14-4-2-1-3-5-14)23-6-8-30-10-11-31-9-7-24-22(28)29/h1-5,12-13,24-27H,6-11H2,(H,28,29). The Labute approximate surface area is 183 Å². The smallest absolute Gasteiger partial charge is 0.404 e. The number of amides is 1. The van der Waals surface area contributed by atoms with Crippen molar-refractivity contribution >= 4 is 17.1 Å². The number of carbonyl (C=O) groups is 1. The minimum absolute atomic E-state index is 0.169. The SMILES string of the molecule is O=C(O)NCCOCCOCCN=c1cc(-c2ccccc2)oc2cc(O)c(O)c(O)c12. The van der Waals surface area contributed by atoms with Crippen molar-refractivity contribution in [1.29, 1.82) is 0 Å². The van der Waals surface area contributed by atoms with Gasteiger partial charge in [-0.05, 0) is 0 Å². The van der Waals surface area contributed by atoms with Crippen LogP contribution >= 0.6 is 0 Å². The van der Waals surface area contributed by atoms with Crippen LogP contribution in [0.5, 0.6) is 17.2 Å². The molecule has 0 radical (unpaired) electrons. The fourth-order valence-electron chi connectivity index (χ4n) is 2.95. The number of rotatable bonds is 10. The first-order chi connectivity index (χ1) is 15.5. The Morgan fingerprint density at radius 3 is 2.41 bits per heavy atom. The highest BCUT2D eigenvalue weighted by Gasteiger charge is 2.16. The number of hydrogen-bond acceptors (Lipinski definition) is 8. The van der Waals surface area contributed by atoms with Gasteiger partial charge in [-0.2, -0.15) is 0 Å². The molecule has 0 unspecified atom stereocenters. The summed E-state index contributed by atoms with van der Waals surface area (Å²) >= 11 is 0. The molecule has 0 bridgehead atoms. The molecule has 0 saturated carbocycles. The Bertz CT molecular complexity index is 1130. The zero-order valence-corrected chi connectivity index (χ0v) is 17.2. The van der Waals surface area contributed by atoms with Crippen molar-refractivity contribution in [2.75, 3.05) is 39.5 Å². The topological polar surface area (TPSA) is 154 Å². The molecule has 170 valence electrons. The Kier molecular flexibility index (Phi) is 7.90. The summed E-state index contributed by atoms with van der Waals surface area (Å²) in [6.45, 7) is 1.60. The Hall–Kier alpha value is -3.76. The lowest BCUT2D eigenvalue weighted by molar-refractivity contribution is 0.0518. The maximum absolute atomic E-state index is 10.3. The summed E-state index contributed by atoms with van der Waals surface area (Å²) < 4.78 is 16.5. The highest BCUT2D eigenvalue weighted by Crippen LogP contribution is 2.40. The van der Waals surface area contributed by atoms with Crippen LogP contribution in [0.4, 0.5) is 4.79 Å². The minimum Gasteiger partial charge on any atom is -0.504 e. The van der Waals surface area contributed by atoms with Crippen LogP contribution in [0.3, 0.4) is 0 Å². The van der Waals surface area contributed by atoms with Crippen molar-refractivity contribution in [1.82, 2.24) is 5.32 Å². The van der Waals surface area contributed by atoms with Gasteiger partial charge in [0.05, 0.1) is 43.7 Å². The molecule has 1 amide bonds. The summed E-state index contributed by atoms with van der Waals surface area (Å²) in [7, 11) is 0. The van der Waals surface area contributed by atoms with E-state index in [9.17, 15) is 20.1 Å². The van der Waals surface area contributed by atoms with E-state index in [1.165, 1.54) is 6.07 Å². The molecule has 2 aromatic carbocycles. The lowest BCUT2D eigenvalue weighted by Crippen LogP contribution is -2.25. The second-order valence-corrected chi connectivity index (χ2v) is 6.67. The number of fused-ring (bicyclic) bond motifs is 1. The van der Waals surface area contributed by atoms with Crippen LogP contribution in [0.15, 0.2) is 51.9 Å². The molecule has 10 nitrogen and oxygen atoms in total. The fourth-order valence-corrected chi connectivity index (χ4v) is 2.95. The van der Waals surface area contributed by atoms with Gasteiger partial charge in [0, 0.05) is 24.2 Å². The van der Waals surface area contributed by atoms with Crippen LogP contribution in [0, 0.1) is 0 Å². The number of phenolic OH excluding ortho intramolecular Hbond substituents is 3. The van der Waals surface area contributed by atoms with Crippen LogP contribution in [0.1, 0.15) is 0 Å². The minimum atomic E-state index is -1.10. The number of benzene rings is 2. The van der Waals surface area contributed by atoms with Crippen molar-refractivity contribution < 1.29 is 39.1 Å². The lowest BCUT2D eigenvalue weighted by atomic mass is 10.1. The van der Waals surface area contributed by atoms with Crippen molar-refractivity contribution in [2.45, 2.75) is 0 Å². The van der Waals surface area contributed by atoms with Crippen LogP contribution in [-0.2, 0) is 9.47 Å². The first-order valence-corrected chi connectivity index (χ1v) is 9.87. The van der Waals surface area contributed by atoms with Crippen LogP contribution in [-0.4, -0.2) is 66.0 Å². The quantitative estimate of drug-likeness (QED) is 0.236. The Balaban J connectivity index is 1.71. The molecule has 0 aliphatic rings. The molecule has 1 aromatic heterocycles. The average Bonchev–Trinajstić information content (AvgIpc) is 2.78. The van der Waals surface area contributed by atoms with Gasteiger partial charge in [0.25, 0.3) is 0 Å². The van der Waals surface area contributed by atoms with Gasteiger partial charge in [-0.15, -0.1) is 0 Å². The molecule has 3 rings (SSSR count). The summed E-state index contributed by atoms with van der Waals surface area (Å²) in [4.78, 5) is 14.8. The highest BCUT2D eigenvalue weighted by atomic mass is 16.5. The molecule has 32 heavy (non-hydrogen) atoms. The molecular weight excluding hydrogens is 420 g/mol. The number of nitrogens with one attached hydrogen (secondary N) is 1. The van der Waals surface area contributed by atoms with Gasteiger partial charge < -0.3 is 39.6 Å². The normalized spacial score (nSPS) is 11.7. The number of hydrogen-bond donors (Lipinski definition) is 5. The largest absolute Gasteiger partial charge is 0.504 e. The van der Waals surface area contributed by atoms with Gasteiger partial charge in [-0.1, -0.05) is 30.3 Å². The van der Waals surface area contributed by atoms with Crippen LogP contribution in [0.25, 0.3) is 22.3 Å². The summed E-state index contributed by atoms with van der Waals surface area (Å²) in [6, 6.07) is 12.1. The molecule has 10 heteroatoms. The molecule has 3 aromatic rings. The first kappa shape index (κ1) is 22.9. The van der Waals surface area contributed by atoms with E-state index in [0.717, 1.165) is 5.56 Å². The fraction of sp³-hybridized carbons (Fsp3) is 0.273. The van der Waals surface area contributed by atoms with Gasteiger partial charge in [-0.3, -0.25) is 4.99 Å². The molecule has 0 spiro atoms. The van der Waals surface area contributed by atoms with E-state index < -0.39 is 23.3 Å². The Morgan fingerprint density at radius 2 is 1.69 bits per heavy atom. The molecule has 0 aliphatic carbocycles. The molecular formula is C22H24N2O8. The third-order valence-electron chi connectivity index (χ3n) is 4.43. The number of ether oxygens (including phenoxy) is 2.